The number of rotatable bonds is 5. The van der Waals surface area contributed by atoms with Gasteiger partial charge in [-0.2, -0.15) is 0 Å². The Hall–Kier alpha value is -0.820. The van der Waals surface area contributed by atoms with Crippen molar-refractivity contribution in [2.45, 2.75) is 13.0 Å². The van der Waals surface area contributed by atoms with Crippen molar-refractivity contribution in [3.8, 4) is 0 Å². The number of hydrogen-bond donors (Lipinski definition) is 3. The molecule has 4 N–H and O–H groups in total. The molecule has 1 heterocycles. The maximum absolute atomic E-state index is 11.5. The molecule has 0 aliphatic carbocycles. The Morgan fingerprint density at radius 1 is 1.44 bits per heavy atom. The molecular weight excluding hydrogens is 297 g/mol. The Bertz CT molecular complexity index is 412. The van der Waals surface area contributed by atoms with Crippen molar-refractivity contribution in [1.29, 1.82) is 0 Å². The fourth-order valence-electron chi connectivity index (χ4n) is 1.18. The van der Waals surface area contributed by atoms with Crippen molar-refractivity contribution in [2.24, 2.45) is 5.73 Å². The highest BCUT2D eigenvalue weighted by Gasteiger charge is 2.11. The molecule has 1 aromatic rings. The van der Waals surface area contributed by atoms with Gasteiger partial charge in [0.05, 0.1) is 23.5 Å². The topological polar surface area (TPSA) is 84.2 Å². The minimum Gasteiger partial charge on any atom is -0.347 e. The van der Waals surface area contributed by atoms with Gasteiger partial charge in [0.2, 0.25) is 11.8 Å². The Morgan fingerprint density at radius 2 is 2.11 bits per heavy atom. The van der Waals surface area contributed by atoms with Gasteiger partial charge in [0.1, 0.15) is 0 Å². The fraction of sp³-hybridized carbons (Fsp3) is 0.400. The highest BCUT2D eigenvalue weighted by Crippen LogP contribution is 2.26. The van der Waals surface area contributed by atoms with Gasteiger partial charge in [0.15, 0.2) is 0 Å². The van der Waals surface area contributed by atoms with Gasteiger partial charge in [-0.25, -0.2) is 0 Å². The SMILES string of the molecule is CC(NC(=O)CNC(=O)CN)c1ccc(Cl)s1.Cl. The molecule has 0 bridgehead atoms. The fourth-order valence-corrected chi connectivity index (χ4v) is 2.24. The molecule has 0 saturated heterocycles. The van der Waals surface area contributed by atoms with Gasteiger partial charge in [0.25, 0.3) is 0 Å². The van der Waals surface area contributed by atoms with Crippen LogP contribution in [-0.4, -0.2) is 24.9 Å². The predicted octanol–water partition coefficient (Wildman–Crippen LogP) is 1.08. The number of hydrogen-bond acceptors (Lipinski definition) is 4. The molecule has 0 spiro atoms. The summed E-state index contributed by atoms with van der Waals surface area (Å²) in [6.45, 7) is 1.66. The molecule has 1 unspecified atom stereocenters. The van der Waals surface area contributed by atoms with Crippen LogP contribution in [0.2, 0.25) is 4.34 Å². The minimum absolute atomic E-state index is 0. The first kappa shape index (κ1) is 17.2. The average Bonchev–Trinajstić information content (AvgIpc) is 2.72. The van der Waals surface area contributed by atoms with Crippen LogP contribution < -0.4 is 16.4 Å². The molecule has 18 heavy (non-hydrogen) atoms. The lowest BCUT2D eigenvalue weighted by atomic mass is 10.3. The highest BCUT2D eigenvalue weighted by atomic mass is 35.5. The van der Waals surface area contributed by atoms with Gasteiger partial charge in [0, 0.05) is 4.88 Å². The van der Waals surface area contributed by atoms with Crippen molar-refractivity contribution in [3.63, 3.8) is 0 Å². The van der Waals surface area contributed by atoms with E-state index in [9.17, 15) is 9.59 Å². The average molecular weight is 312 g/mol. The van der Waals surface area contributed by atoms with Gasteiger partial charge in [-0.05, 0) is 19.1 Å². The summed E-state index contributed by atoms with van der Waals surface area (Å²) in [5.41, 5.74) is 5.10. The van der Waals surface area contributed by atoms with E-state index in [1.54, 1.807) is 6.07 Å². The number of halogens is 2. The van der Waals surface area contributed by atoms with Crippen LogP contribution >= 0.6 is 35.3 Å². The number of thiophene rings is 1. The van der Waals surface area contributed by atoms with E-state index in [4.69, 9.17) is 17.3 Å². The number of carbonyl (C=O) groups excluding carboxylic acids is 2. The van der Waals surface area contributed by atoms with Crippen LogP contribution in [0.5, 0.6) is 0 Å². The van der Waals surface area contributed by atoms with Crippen LogP contribution in [0.15, 0.2) is 12.1 Å². The highest BCUT2D eigenvalue weighted by molar-refractivity contribution is 7.16. The molecule has 0 fully saturated rings. The molecule has 0 aliphatic heterocycles. The summed E-state index contributed by atoms with van der Waals surface area (Å²) in [6.07, 6.45) is 0. The molecule has 1 atom stereocenters. The smallest absolute Gasteiger partial charge is 0.239 e. The van der Waals surface area contributed by atoms with Crippen molar-refractivity contribution >= 4 is 47.2 Å². The summed E-state index contributed by atoms with van der Waals surface area (Å²) in [6, 6.07) is 3.51. The largest absolute Gasteiger partial charge is 0.347 e. The summed E-state index contributed by atoms with van der Waals surface area (Å²) in [5, 5.41) is 5.14. The molecule has 0 radical (unpaired) electrons. The Balaban J connectivity index is 0.00000289. The van der Waals surface area contributed by atoms with E-state index in [2.05, 4.69) is 10.6 Å². The molecule has 8 heteroatoms. The van der Waals surface area contributed by atoms with E-state index < -0.39 is 0 Å². The van der Waals surface area contributed by atoms with Crippen LogP contribution in [0.25, 0.3) is 0 Å². The molecular formula is C10H15Cl2N3O2S. The van der Waals surface area contributed by atoms with Crippen molar-refractivity contribution < 1.29 is 9.59 Å². The van der Waals surface area contributed by atoms with Gasteiger partial charge in [-0.1, -0.05) is 11.6 Å². The quantitative estimate of drug-likeness (QED) is 0.760. The van der Waals surface area contributed by atoms with E-state index in [0.29, 0.717) is 4.34 Å². The van der Waals surface area contributed by atoms with E-state index in [0.717, 1.165) is 4.88 Å². The third kappa shape index (κ3) is 5.68. The third-order valence-corrected chi connectivity index (χ3v) is 3.44. The molecule has 5 nitrogen and oxygen atoms in total. The summed E-state index contributed by atoms with van der Waals surface area (Å²) >= 11 is 7.21. The lowest BCUT2D eigenvalue weighted by Gasteiger charge is -2.12. The van der Waals surface area contributed by atoms with E-state index >= 15 is 0 Å². The van der Waals surface area contributed by atoms with Gasteiger partial charge < -0.3 is 16.4 Å². The lowest BCUT2D eigenvalue weighted by molar-refractivity contribution is -0.125. The number of carbonyl (C=O) groups is 2. The normalized spacial score (nSPS) is 11.3. The van der Waals surface area contributed by atoms with Crippen molar-refractivity contribution in [1.82, 2.24) is 10.6 Å². The minimum atomic E-state index is -0.355. The zero-order valence-corrected chi connectivity index (χ0v) is 12.1. The Morgan fingerprint density at radius 3 is 2.61 bits per heavy atom. The second-order valence-electron chi connectivity index (χ2n) is 3.41. The van der Waals surface area contributed by atoms with Gasteiger partial charge in [-0.15, -0.1) is 23.7 Å². The summed E-state index contributed by atoms with van der Waals surface area (Å²) in [5.74, 6) is -0.615. The lowest BCUT2D eigenvalue weighted by Crippen LogP contribution is -2.40. The van der Waals surface area contributed by atoms with Crippen molar-refractivity contribution in [3.05, 3.63) is 21.3 Å². The first-order valence-electron chi connectivity index (χ1n) is 5.04. The van der Waals surface area contributed by atoms with Crippen molar-refractivity contribution in [2.75, 3.05) is 13.1 Å². The number of amides is 2. The molecule has 1 aromatic heterocycles. The molecule has 102 valence electrons. The third-order valence-electron chi connectivity index (χ3n) is 2.03. The monoisotopic (exact) mass is 311 g/mol. The first-order chi connectivity index (χ1) is 8.02. The summed E-state index contributed by atoms with van der Waals surface area (Å²) in [4.78, 5) is 23.3. The molecule has 2 amide bonds. The van der Waals surface area contributed by atoms with Crippen LogP contribution in [0, 0.1) is 0 Å². The van der Waals surface area contributed by atoms with Crippen LogP contribution in [0.1, 0.15) is 17.8 Å². The predicted molar refractivity (Wildman–Crippen MR) is 75.2 cm³/mol. The zero-order chi connectivity index (χ0) is 12.8. The number of nitrogens with two attached hydrogens (primary N) is 1. The molecule has 0 aliphatic rings. The second-order valence-corrected chi connectivity index (χ2v) is 5.16. The first-order valence-corrected chi connectivity index (χ1v) is 6.23. The number of nitrogens with one attached hydrogen (secondary N) is 2. The van der Waals surface area contributed by atoms with E-state index in [1.165, 1.54) is 11.3 Å². The zero-order valence-electron chi connectivity index (χ0n) is 9.73. The van der Waals surface area contributed by atoms with Crippen LogP contribution in [-0.2, 0) is 9.59 Å². The Kier molecular flexibility index (Phi) is 7.93. The second kappa shape index (κ2) is 8.31. The molecule has 0 aromatic carbocycles. The summed E-state index contributed by atoms with van der Waals surface area (Å²) < 4.78 is 0.678. The maximum atomic E-state index is 11.5. The van der Waals surface area contributed by atoms with Gasteiger partial charge in [-0.3, -0.25) is 9.59 Å². The standard InChI is InChI=1S/C10H14ClN3O2S.ClH/c1-6(7-2-3-8(11)17-7)14-10(16)5-13-9(15)4-12;/h2-3,6H,4-5,12H2,1H3,(H,13,15)(H,14,16);1H. The Labute approximate surface area is 120 Å². The van der Waals surface area contributed by atoms with Crippen LogP contribution in [0.3, 0.4) is 0 Å². The van der Waals surface area contributed by atoms with E-state index in [-0.39, 0.29) is 43.4 Å². The molecule has 1 rings (SSSR count). The van der Waals surface area contributed by atoms with Gasteiger partial charge >= 0.3 is 0 Å². The van der Waals surface area contributed by atoms with Crippen LogP contribution in [0.4, 0.5) is 0 Å². The summed E-state index contributed by atoms with van der Waals surface area (Å²) in [7, 11) is 0. The maximum Gasteiger partial charge on any atom is 0.239 e. The molecule has 0 saturated carbocycles. The van der Waals surface area contributed by atoms with E-state index in [1.807, 2.05) is 13.0 Å².